The number of piperazine rings is 1. The number of carbonyl (C=O) groups is 3. The Morgan fingerprint density at radius 1 is 1.17 bits per heavy atom. The highest BCUT2D eigenvalue weighted by molar-refractivity contribution is 5.91. The number of rotatable bonds is 3. The third-order valence-electron chi connectivity index (χ3n) is 6.79. The van der Waals surface area contributed by atoms with Crippen LogP contribution in [-0.2, 0) is 19.1 Å². The van der Waals surface area contributed by atoms with Crippen molar-refractivity contribution >= 4 is 17.8 Å². The van der Waals surface area contributed by atoms with Crippen molar-refractivity contribution in [3.8, 4) is 0 Å². The Kier molecular flexibility index (Phi) is 5.55. The number of likely N-dealkylation sites (tertiary alicyclic amines) is 1. The van der Waals surface area contributed by atoms with Gasteiger partial charge in [-0.15, -0.1) is 0 Å². The Morgan fingerprint density at radius 2 is 1.83 bits per heavy atom. The van der Waals surface area contributed by atoms with Gasteiger partial charge < -0.3 is 24.5 Å². The van der Waals surface area contributed by atoms with E-state index in [-0.39, 0.29) is 30.4 Å². The molecule has 1 aromatic carbocycles. The summed E-state index contributed by atoms with van der Waals surface area (Å²) in [5.74, 6) is -1.40. The minimum Gasteiger partial charge on any atom is -0.469 e. The zero-order chi connectivity index (χ0) is 21.5. The Balaban J connectivity index is 1.57. The number of hydrogen-bond acceptors (Lipinski definition) is 6. The predicted molar refractivity (Wildman–Crippen MR) is 108 cm³/mol. The first-order valence-corrected chi connectivity index (χ1v) is 10.5. The molecular formula is C22H29N3O5. The molecule has 0 bridgehead atoms. The SMILES string of the molecule is COC(=O)[C@H]1C[C@H]2CN(C(=O)C3(O)CCN(C)CC3)CC(=O)N2[C@H]1c1ccccc1. The number of hydrogen-bond donors (Lipinski definition) is 1. The summed E-state index contributed by atoms with van der Waals surface area (Å²) >= 11 is 0. The molecule has 3 aliphatic heterocycles. The van der Waals surface area contributed by atoms with Crippen LogP contribution in [0.1, 0.15) is 30.9 Å². The van der Waals surface area contributed by atoms with Crippen molar-refractivity contribution < 1.29 is 24.2 Å². The molecule has 0 radical (unpaired) electrons. The molecule has 3 aliphatic rings. The van der Waals surface area contributed by atoms with Gasteiger partial charge in [0.25, 0.3) is 5.91 Å². The van der Waals surface area contributed by atoms with Gasteiger partial charge in [0.05, 0.1) is 31.7 Å². The normalized spacial score (nSPS) is 28.9. The molecule has 0 spiro atoms. The average molecular weight is 415 g/mol. The fourth-order valence-corrected chi connectivity index (χ4v) is 5.11. The summed E-state index contributed by atoms with van der Waals surface area (Å²) in [6.07, 6.45) is 1.15. The minimum atomic E-state index is -1.42. The third-order valence-corrected chi connectivity index (χ3v) is 6.79. The molecule has 0 saturated carbocycles. The summed E-state index contributed by atoms with van der Waals surface area (Å²) in [5, 5.41) is 10.9. The molecule has 0 aliphatic carbocycles. The number of nitrogens with zero attached hydrogens (tertiary/aromatic N) is 3. The lowest BCUT2D eigenvalue weighted by atomic mass is 9.89. The molecule has 1 aromatic rings. The lowest BCUT2D eigenvalue weighted by molar-refractivity contribution is -0.164. The highest BCUT2D eigenvalue weighted by Gasteiger charge is 2.53. The number of piperidine rings is 1. The number of ether oxygens (including phenoxy) is 1. The second-order valence-corrected chi connectivity index (χ2v) is 8.70. The number of aliphatic hydroxyl groups is 1. The maximum Gasteiger partial charge on any atom is 0.311 e. The van der Waals surface area contributed by atoms with Crippen LogP contribution in [0.3, 0.4) is 0 Å². The van der Waals surface area contributed by atoms with E-state index in [1.165, 1.54) is 12.0 Å². The monoisotopic (exact) mass is 415 g/mol. The van der Waals surface area contributed by atoms with Gasteiger partial charge in [-0.2, -0.15) is 0 Å². The van der Waals surface area contributed by atoms with E-state index in [1.54, 1.807) is 4.90 Å². The topological polar surface area (TPSA) is 90.4 Å². The van der Waals surface area contributed by atoms with Gasteiger partial charge in [0.2, 0.25) is 5.91 Å². The quantitative estimate of drug-likeness (QED) is 0.720. The highest BCUT2D eigenvalue weighted by Crippen LogP contribution is 2.43. The molecule has 4 rings (SSSR count). The fourth-order valence-electron chi connectivity index (χ4n) is 5.11. The molecule has 8 nitrogen and oxygen atoms in total. The van der Waals surface area contributed by atoms with E-state index in [0.717, 1.165) is 5.56 Å². The lowest BCUT2D eigenvalue weighted by Crippen LogP contribution is -2.61. The molecule has 0 aromatic heterocycles. The second-order valence-electron chi connectivity index (χ2n) is 8.70. The Bertz CT molecular complexity index is 821. The first-order valence-electron chi connectivity index (χ1n) is 10.5. The van der Waals surface area contributed by atoms with Crippen molar-refractivity contribution in [2.45, 2.75) is 36.9 Å². The van der Waals surface area contributed by atoms with Crippen LogP contribution in [0.25, 0.3) is 0 Å². The van der Waals surface area contributed by atoms with Crippen LogP contribution in [0.5, 0.6) is 0 Å². The van der Waals surface area contributed by atoms with Gasteiger partial charge in [-0.3, -0.25) is 14.4 Å². The van der Waals surface area contributed by atoms with E-state index < -0.39 is 17.6 Å². The molecule has 30 heavy (non-hydrogen) atoms. The van der Waals surface area contributed by atoms with Gasteiger partial charge in [0.15, 0.2) is 0 Å². The van der Waals surface area contributed by atoms with Crippen LogP contribution < -0.4 is 0 Å². The standard InChI is InChI=1S/C22H29N3O5/c1-23-10-8-22(29,9-11-23)21(28)24-13-16-12-17(20(27)30-2)19(25(16)18(26)14-24)15-6-4-3-5-7-15/h3-7,16-17,19,29H,8-14H2,1-2H3/t16-,17-,19-/m0/s1. The number of benzene rings is 1. The summed E-state index contributed by atoms with van der Waals surface area (Å²) < 4.78 is 5.02. The van der Waals surface area contributed by atoms with Crippen molar-refractivity contribution in [2.75, 3.05) is 40.3 Å². The summed E-state index contributed by atoms with van der Waals surface area (Å²) in [6, 6.07) is 8.81. The van der Waals surface area contributed by atoms with Gasteiger partial charge in [0.1, 0.15) is 5.60 Å². The van der Waals surface area contributed by atoms with Gasteiger partial charge >= 0.3 is 5.97 Å². The first kappa shape index (κ1) is 20.8. The van der Waals surface area contributed by atoms with Crippen LogP contribution >= 0.6 is 0 Å². The van der Waals surface area contributed by atoms with Crippen LogP contribution in [0.15, 0.2) is 30.3 Å². The molecule has 0 unspecified atom stereocenters. The third kappa shape index (κ3) is 3.58. The van der Waals surface area contributed by atoms with Gasteiger partial charge in [-0.05, 0) is 31.9 Å². The van der Waals surface area contributed by atoms with Crippen LogP contribution in [0, 0.1) is 5.92 Å². The molecule has 3 fully saturated rings. The molecule has 162 valence electrons. The highest BCUT2D eigenvalue weighted by atomic mass is 16.5. The molecule has 3 saturated heterocycles. The number of carbonyl (C=O) groups excluding carboxylic acids is 3. The number of methoxy groups -OCH3 is 1. The van der Waals surface area contributed by atoms with Crippen LogP contribution in [0.2, 0.25) is 0 Å². The van der Waals surface area contributed by atoms with Gasteiger partial charge in [-0.1, -0.05) is 30.3 Å². The van der Waals surface area contributed by atoms with E-state index in [9.17, 15) is 19.5 Å². The van der Waals surface area contributed by atoms with Crippen molar-refractivity contribution in [1.82, 2.24) is 14.7 Å². The maximum absolute atomic E-state index is 13.2. The van der Waals surface area contributed by atoms with Crippen molar-refractivity contribution in [2.24, 2.45) is 5.92 Å². The molecule has 3 atom stereocenters. The van der Waals surface area contributed by atoms with Gasteiger partial charge in [-0.25, -0.2) is 0 Å². The van der Waals surface area contributed by atoms with Crippen molar-refractivity contribution in [3.05, 3.63) is 35.9 Å². The van der Waals surface area contributed by atoms with E-state index in [1.807, 2.05) is 37.4 Å². The van der Waals surface area contributed by atoms with E-state index in [2.05, 4.69) is 4.90 Å². The molecule has 1 N–H and O–H groups in total. The van der Waals surface area contributed by atoms with E-state index in [0.29, 0.717) is 38.9 Å². The number of amides is 2. The second kappa shape index (κ2) is 8.00. The average Bonchev–Trinajstić information content (AvgIpc) is 3.15. The number of fused-ring (bicyclic) bond motifs is 1. The largest absolute Gasteiger partial charge is 0.469 e. The zero-order valence-corrected chi connectivity index (χ0v) is 17.5. The molecular weight excluding hydrogens is 386 g/mol. The van der Waals surface area contributed by atoms with Crippen LogP contribution in [-0.4, -0.2) is 89.6 Å². The van der Waals surface area contributed by atoms with E-state index >= 15 is 0 Å². The molecule has 2 amide bonds. The Morgan fingerprint density at radius 3 is 2.47 bits per heavy atom. The summed E-state index contributed by atoms with van der Waals surface area (Å²) in [5.41, 5.74) is -0.536. The number of esters is 1. The molecule has 3 heterocycles. The van der Waals surface area contributed by atoms with E-state index in [4.69, 9.17) is 4.74 Å². The Hall–Kier alpha value is -2.45. The maximum atomic E-state index is 13.2. The van der Waals surface area contributed by atoms with Crippen LogP contribution in [0.4, 0.5) is 0 Å². The molecule has 8 heteroatoms. The summed E-state index contributed by atoms with van der Waals surface area (Å²) in [4.78, 5) is 44.1. The zero-order valence-electron chi connectivity index (χ0n) is 17.5. The summed E-state index contributed by atoms with van der Waals surface area (Å²) in [6.45, 7) is 1.52. The van der Waals surface area contributed by atoms with Crippen molar-refractivity contribution in [1.29, 1.82) is 0 Å². The van der Waals surface area contributed by atoms with Gasteiger partial charge in [0, 0.05) is 19.6 Å². The lowest BCUT2D eigenvalue weighted by Gasteiger charge is -2.44. The first-order chi connectivity index (χ1) is 14.3. The smallest absolute Gasteiger partial charge is 0.311 e. The fraction of sp³-hybridized carbons (Fsp3) is 0.591. The summed E-state index contributed by atoms with van der Waals surface area (Å²) in [7, 11) is 3.32. The predicted octanol–water partition coefficient (Wildman–Crippen LogP) is 0.417. The van der Waals surface area contributed by atoms with Crippen molar-refractivity contribution in [3.63, 3.8) is 0 Å². The minimum absolute atomic E-state index is 0.0787. The Labute approximate surface area is 176 Å².